The molecule has 3 N–H and O–H groups in total. The number of aromatic nitrogens is 1. The Morgan fingerprint density at radius 3 is 2.68 bits per heavy atom. The molecule has 0 spiro atoms. The summed E-state index contributed by atoms with van der Waals surface area (Å²) in [5, 5.41) is 3.58. The normalized spacial score (nSPS) is 26.9. The van der Waals surface area contributed by atoms with Crippen molar-refractivity contribution in [2.75, 3.05) is 0 Å². The molecule has 28 heavy (non-hydrogen) atoms. The highest BCUT2D eigenvalue weighted by atomic mass is 19.1. The molecule has 2 aromatic rings. The smallest absolute Gasteiger partial charge is 0.219 e. The first kappa shape index (κ1) is 19.2. The molecule has 4 rings (SSSR count). The van der Waals surface area contributed by atoms with Gasteiger partial charge in [-0.05, 0) is 50.3 Å². The number of benzene rings is 1. The number of nitrogens with one attached hydrogen (secondary N) is 1. The van der Waals surface area contributed by atoms with Crippen molar-refractivity contribution in [2.24, 2.45) is 5.73 Å². The molecule has 2 unspecified atom stereocenters. The van der Waals surface area contributed by atoms with Crippen molar-refractivity contribution in [1.29, 1.82) is 0 Å². The van der Waals surface area contributed by atoms with Crippen molar-refractivity contribution in [3.63, 3.8) is 0 Å². The lowest BCUT2D eigenvalue weighted by atomic mass is 9.92. The summed E-state index contributed by atoms with van der Waals surface area (Å²) in [7, 11) is 0. The van der Waals surface area contributed by atoms with E-state index in [2.05, 4.69) is 10.3 Å². The summed E-state index contributed by atoms with van der Waals surface area (Å²) < 4.78 is 47.6. The van der Waals surface area contributed by atoms with E-state index in [1.54, 1.807) is 6.07 Å². The molecule has 4 nitrogen and oxygen atoms in total. The number of ether oxygens (including phenoxy) is 1. The molecule has 1 heterocycles. The second kappa shape index (κ2) is 8.09. The molecule has 1 aromatic carbocycles. The van der Waals surface area contributed by atoms with Crippen LogP contribution in [0, 0.1) is 17.6 Å². The Hall–Kier alpha value is -2.12. The number of halogens is 3. The number of nitrogens with two attached hydrogens (primary N) is 1. The van der Waals surface area contributed by atoms with Crippen molar-refractivity contribution in [3.05, 3.63) is 59.2 Å². The zero-order valence-corrected chi connectivity index (χ0v) is 15.5. The van der Waals surface area contributed by atoms with Gasteiger partial charge in [-0.1, -0.05) is 0 Å². The van der Waals surface area contributed by atoms with Gasteiger partial charge >= 0.3 is 0 Å². The van der Waals surface area contributed by atoms with E-state index in [1.807, 2.05) is 0 Å². The highest BCUT2D eigenvalue weighted by Crippen LogP contribution is 2.46. The SMILES string of the molecule is NC1CCC(NC2CC2c2cc(F)cc(F)c2OCc2cccnc2F)CC1. The maximum atomic E-state index is 14.4. The molecule has 2 saturated carbocycles. The highest BCUT2D eigenvalue weighted by Gasteiger charge is 2.42. The van der Waals surface area contributed by atoms with Crippen LogP contribution in [0.1, 0.15) is 49.1 Å². The number of nitrogens with zero attached hydrogens (tertiary/aromatic N) is 1. The van der Waals surface area contributed by atoms with Crippen LogP contribution >= 0.6 is 0 Å². The molecule has 0 radical (unpaired) electrons. The molecule has 2 atom stereocenters. The highest BCUT2D eigenvalue weighted by molar-refractivity contribution is 5.42. The van der Waals surface area contributed by atoms with Gasteiger partial charge in [0.2, 0.25) is 5.95 Å². The minimum absolute atomic E-state index is 0.00961. The summed E-state index contributed by atoms with van der Waals surface area (Å²) in [5.74, 6) is -2.09. The third-order valence-electron chi connectivity index (χ3n) is 5.66. The molecule has 2 aliphatic carbocycles. The molecule has 0 bridgehead atoms. The van der Waals surface area contributed by atoms with Gasteiger partial charge < -0.3 is 15.8 Å². The van der Waals surface area contributed by atoms with Crippen LogP contribution < -0.4 is 15.8 Å². The number of hydrogen-bond acceptors (Lipinski definition) is 4. The fourth-order valence-electron chi connectivity index (χ4n) is 4.00. The van der Waals surface area contributed by atoms with Crippen molar-refractivity contribution in [3.8, 4) is 5.75 Å². The molecule has 2 fully saturated rings. The Morgan fingerprint density at radius 2 is 1.93 bits per heavy atom. The van der Waals surface area contributed by atoms with Crippen LogP contribution in [0.15, 0.2) is 30.5 Å². The van der Waals surface area contributed by atoms with E-state index in [-0.39, 0.29) is 35.9 Å². The Balaban J connectivity index is 1.46. The molecule has 150 valence electrons. The average Bonchev–Trinajstić information content (AvgIpc) is 3.42. The van der Waals surface area contributed by atoms with E-state index in [0.717, 1.165) is 38.2 Å². The Morgan fingerprint density at radius 1 is 1.14 bits per heavy atom. The lowest BCUT2D eigenvalue weighted by Crippen LogP contribution is -2.38. The van der Waals surface area contributed by atoms with E-state index in [9.17, 15) is 13.2 Å². The molecular formula is C21H24F3N3O. The van der Waals surface area contributed by atoms with E-state index < -0.39 is 17.6 Å². The zero-order chi connectivity index (χ0) is 19.7. The molecule has 0 aliphatic heterocycles. The fourth-order valence-corrected chi connectivity index (χ4v) is 4.00. The minimum atomic E-state index is -0.770. The third kappa shape index (κ3) is 4.31. The van der Waals surface area contributed by atoms with Gasteiger partial charge in [-0.3, -0.25) is 0 Å². The summed E-state index contributed by atoms with van der Waals surface area (Å²) in [4.78, 5) is 3.56. The molecular weight excluding hydrogens is 367 g/mol. The fraction of sp³-hybridized carbons (Fsp3) is 0.476. The largest absolute Gasteiger partial charge is 0.485 e. The third-order valence-corrected chi connectivity index (χ3v) is 5.66. The lowest BCUT2D eigenvalue weighted by Gasteiger charge is -2.27. The van der Waals surface area contributed by atoms with Crippen LogP contribution in [-0.2, 0) is 6.61 Å². The van der Waals surface area contributed by atoms with E-state index >= 15 is 0 Å². The van der Waals surface area contributed by atoms with Gasteiger partial charge in [-0.25, -0.2) is 13.8 Å². The van der Waals surface area contributed by atoms with E-state index in [1.165, 1.54) is 18.3 Å². The predicted octanol–water partition coefficient (Wildman–Crippen LogP) is 3.79. The van der Waals surface area contributed by atoms with E-state index in [4.69, 9.17) is 10.5 Å². The van der Waals surface area contributed by atoms with Crippen molar-refractivity contribution >= 4 is 0 Å². The van der Waals surface area contributed by atoms with E-state index in [0.29, 0.717) is 11.6 Å². The second-order valence-corrected chi connectivity index (χ2v) is 7.78. The van der Waals surface area contributed by atoms with Crippen molar-refractivity contribution < 1.29 is 17.9 Å². The summed E-state index contributed by atoms with van der Waals surface area (Å²) in [6.07, 6.45) is 6.16. The van der Waals surface area contributed by atoms with Gasteiger partial charge in [0.1, 0.15) is 12.4 Å². The Labute approximate surface area is 162 Å². The van der Waals surface area contributed by atoms with Gasteiger partial charge in [-0.2, -0.15) is 4.39 Å². The minimum Gasteiger partial charge on any atom is -0.485 e. The predicted molar refractivity (Wildman–Crippen MR) is 99.4 cm³/mol. The van der Waals surface area contributed by atoms with Crippen LogP contribution in [0.4, 0.5) is 13.2 Å². The standard InChI is InChI=1S/C21H24F3N3O/c22-13-8-17(16-10-19(16)27-15-5-3-14(25)4-6-15)20(18(23)9-13)28-11-12-2-1-7-26-21(12)24/h1-2,7-9,14-16,19,27H,3-6,10-11,25H2. The monoisotopic (exact) mass is 391 g/mol. The Kier molecular flexibility index (Phi) is 5.55. The topological polar surface area (TPSA) is 60.2 Å². The average molecular weight is 391 g/mol. The number of hydrogen-bond donors (Lipinski definition) is 2. The van der Waals surface area contributed by atoms with Crippen molar-refractivity contribution in [2.45, 2.75) is 62.8 Å². The molecule has 7 heteroatoms. The number of pyridine rings is 1. The van der Waals surface area contributed by atoms with Gasteiger partial charge in [0.15, 0.2) is 11.6 Å². The van der Waals surface area contributed by atoms with Crippen LogP contribution in [-0.4, -0.2) is 23.1 Å². The van der Waals surface area contributed by atoms with Crippen LogP contribution in [0.5, 0.6) is 5.75 Å². The first-order chi connectivity index (χ1) is 13.5. The summed E-state index contributed by atoms with van der Waals surface area (Å²) >= 11 is 0. The van der Waals surface area contributed by atoms with Crippen LogP contribution in [0.2, 0.25) is 0 Å². The second-order valence-electron chi connectivity index (χ2n) is 7.78. The zero-order valence-electron chi connectivity index (χ0n) is 15.5. The maximum absolute atomic E-state index is 14.4. The van der Waals surface area contributed by atoms with Crippen LogP contribution in [0.3, 0.4) is 0 Å². The molecule has 0 saturated heterocycles. The summed E-state index contributed by atoms with van der Waals surface area (Å²) in [5.41, 5.74) is 6.66. The van der Waals surface area contributed by atoms with Crippen LogP contribution in [0.25, 0.3) is 0 Å². The van der Waals surface area contributed by atoms with Crippen molar-refractivity contribution in [1.82, 2.24) is 10.3 Å². The first-order valence-corrected chi connectivity index (χ1v) is 9.74. The number of rotatable bonds is 6. The first-order valence-electron chi connectivity index (χ1n) is 9.74. The van der Waals surface area contributed by atoms with Gasteiger partial charge in [0.05, 0.1) is 0 Å². The van der Waals surface area contributed by atoms with Gasteiger partial charge in [-0.15, -0.1) is 0 Å². The lowest BCUT2D eigenvalue weighted by molar-refractivity contribution is 0.278. The maximum Gasteiger partial charge on any atom is 0.219 e. The summed E-state index contributed by atoms with van der Waals surface area (Å²) in [6, 6.07) is 6.06. The molecule has 2 aliphatic rings. The summed E-state index contributed by atoms with van der Waals surface area (Å²) in [6.45, 7) is -0.166. The van der Waals surface area contributed by atoms with Gasteiger partial charge in [0.25, 0.3) is 0 Å². The molecule has 0 amide bonds. The quantitative estimate of drug-likeness (QED) is 0.736. The Bertz CT molecular complexity index is 840. The van der Waals surface area contributed by atoms with Gasteiger partial charge in [0, 0.05) is 47.4 Å². The molecule has 1 aromatic heterocycles.